The molecule has 0 amide bonds. The predicted molar refractivity (Wildman–Crippen MR) is 72.0 cm³/mol. The van der Waals surface area contributed by atoms with E-state index in [4.69, 9.17) is 11.6 Å². The molecular formula is C11H15ClN6. The molecule has 0 fully saturated rings. The van der Waals surface area contributed by atoms with E-state index in [9.17, 15) is 0 Å². The molecule has 0 aliphatic carbocycles. The first-order valence-electron chi connectivity index (χ1n) is 5.60. The molecule has 2 aromatic heterocycles. The zero-order valence-corrected chi connectivity index (χ0v) is 11.1. The fourth-order valence-electron chi connectivity index (χ4n) is 1.54. The molecule has 2 N–H and O–H groups in total. The molecule has 96 valence electrons. The minimum absolute atomic E-state index is 0.514. The van der Waals surface area contributed by atoms with Crippen molar-refractivity contribution in [2.24, 2.45) is 7.05 Å². The van der Waals surface area contributed by atoms with E-state index in [-0.39, 0.29) is 0 Å². The number of halogens is 1. The summed E-state index contributed by atoms with van der Waals surface area (Å²) >= 11 is 6.01. The number of nitrogens with one attached hydrogen (secondary N) is 2. The summed E-state index contributed by atoms with van der Waals surface area (Å²) in [6.07, 6.45) is 6.28. The van der Waals surface area contributed by atoms with Crippen LogP contribution in [0.3, 0.4) is 0 Å². The average Bonchev–Trinajstić information content (AvgIpc) is 2.77. The molecule has 0 atom stereocenters. The zero-order valence-electron chi connectivity index (χ0n) is 10.3. The van der Waals surface area contributed by atoms with Crippen molar-refractivity contribution >= 4 is 23.4 Å². The standard InChI is InChI=1S/C11H15ClN6/c1-13-11-15-6-9(12)10(17-11)14-4-3-8-5-16-18(2)7-8/h5-7H,3-4H2,1-2H3,(H2,13,14,15,17). The lowest BCUT2D eigenvalue weighted by molar-refractivity contribution is 0.767. The first-order valence-corrected chi connectivity index (χ1v) is 5.98. The van der Waals surface area contributed by atoms with Gasteiger partial charge in [-0.3, -0.25) is 4.68 Å². The molecule has 6 nitrogen and oxygen atoms in total. The van der Waals surface area contributed by atoms with Crippen LogP contribution in [-0.4, -0.2) is 33.3 Å². The van der Waals surface area contributed by atoms with Gasteiger partial charge in [-0.15, -0.1) is 0 Å². The van der Waals surface area contributed by atoms with E-state index in [2.05, 4.69) is 25.7 Å². The maximum absolute atomic E-state index is 6.01. The number of anilines is 2. The Balaban J connectivity index is 1.93. The second-order valence-electron chi connectivity index (χ2n) is 3.84. The highest BCUT2D eigenvalue weighted by molar-refractivity contribution is 6.32. The van der Waals surface area contributed by atoms with E-state index in [1.165, 1.54) is 5.56 Å². The largest absolute Gasteiger partial charge is 0.368 e. The molecule has 0 aliphatic heterocycles. The summed E-state index contributed by atoms with van der Waals surface area (Å²) in [5, 5.41) is 10.7. The Kier molecular flexibility index (Phi) is 3.99. The molecular weight excluding hydrogens is 252 g/mol. The van der Waals surface area contributed by atoms with Gasteiger partial charge in [0.2, 0.25) is 5.95 Å². The molecule has 0 bridgehead atoms. The minimum atomic E-state index is 0.514. The third-order valence-corrected chi connectivity index (χ3v) is 2.71. The van der Waals surface area contributed by atoms with Gasteiger partial charge < -0.3 is 10.6 Å². The highest BCUT2D eigenvalue weighted by atomic mass is 35.5. The van der Waals surface area contributed by atoms with Crippen molar-refractivity contribution in [2.45, 2.75) is 6.42 Å². The molecule has 2 aromatic rings. The molecule has 0 aliphatic rings. The van der Waals surface area contributed by atoms with Crippen LogP contribution < -0.4 is 10.6 Å². The Morgan fingerprint density at radius 3 is 2.89 bits per heavy atom. The van der Waals surface area contributed by atoms with Gasteiger partial charge in [-0.25, -0.2) is 4.98 Å². The molecule has 2 heterocycles. The lowest BCUT2D eigenvalue weighted by Gasteiger charge is -2.07. The van der Waals surface area contributed by atoms with Gasteiger partial charge in [-0.05, 0) is 12.0 Å². The van der Waals surface area contributed by atoms with Crippen LogP contribution in [0.5, 0.6) is 0 Å². The van der Waals surface area contributed by atoms with Gasteiger partial charge in [0.05, 0.1) is 12.4 Å². The maximum atomic E-state index is 6.01. The first-order chi connectivity index (χ1) is 8.69. The Bertz CT molecular complexity index is 524. The number of hydrogen-bond donors (Lipinski definition) is 2. The van der Waals surface area contributed by atoms with Gasteiger partial charge in [0.25, 0.3) is 0 Å². The third kappa shape index (κ3) is 3.10. The Morgan fingerprint density at radius 2 is 2.22 bits per heavy atom. The first kappa shape index (κ1) is 12.6. The van der Waals surface area contributed by atoms with Crippen LogP contribution in [0, 0.1) is 0 Å². The van der Waals surface area contributed by atoms with Crippen molar-refractivity contribution in [2.75, 3.05) is 24.2 Å². The van der Waals surface area contributed by atoms with Gasteiger partial charge in [0, 0.05) is 26.8 Å². The Labute approximate surface area is 110 Å². The molecule has 7 heteroatoms. The summed E-state index contributed by atoms with van der Waals surface area (Å²) in [6.45, 7) is 0.742. The number of aromatic nitrogens is 4. The lowest BCUT2D eigenvalue weighted by Crippen LogP contribution is -2.08. The van der Waals surface area contributed by atoms with E-state index in [1.807, 2.05) is 19.4 Å². The lowest BCUT2D eigenvalue weighted by atomic mass is 10.2. The van der Waals surface area contributed by atoms with Crippen LogP contribution >= 0.6 is 11.6 Å². The minimum Gasteiger partial charge on any atom is -0.368 e. The Morgan fingerprint density at radius 1 is 1.39 bits per heavy atom. The highest BCUT2D eigenvalue weighted by Gasteiger charge is 2.04. The second kappa shape index (κ2) is 5.68. The summed E-state index contributed by atoms with van der Waals surface area (Å²) in [6, 6.07) is 0. The smallest absolute Gasteiger partial charge is 0.224 e. The number of hydrogen-bond acceptors (Lipinski definition) is 5. The summed E-state index contributed by atoms with van der Waals surface area (Å²) in [5.74, 6) is 1.18. The van der Waals surface area contributed by atoms with Gasteiger partial charge in [0.1, 0.15) is 10.8 Å². The predicted octanol–water partition coefficient (Wildman–Crippen LogP) is 1.56. The van der Waals surface area contributed by atoms with Crippen molar-refractivity contribution < 1.29 is 0 Å². The fourth-order valence-corrected chi connectivity index (χ4v) is 1.70. The molecule has 0 unspecified atom stereocenters. The average molecular weight is 267 g/mol. The van der Waals surface area contributed by atoms with E-state index in [0.717, 1.165) is 13.0 Å². The van der Waals surface area contributed by atoms with Gasteiger partial charge in [-0.1, -0.05) is 11.6 Å². The Hall–Kier alpha value is -1.82. The monoisotopic (exact) mass is 266 g/mol. The van der Waals surface area contributed by atoms with Gasteiger partial charge in [-0.2, -0.15) is 10.1 Å². The number of nitrogens with zero attached hydrogens (tertiary/aromatic N) is 4. The zero-order chi connectivity index (χ0) is 13.0. The topological polar surface area (TPSA) is 67.7 Å². The molecule has 0 aromatic carbocycles. The molecule has 0 spiro atoms. The summed E-state index contributed by atoms with van der Waals surface area (Å²) in [5.41, 5.74) is 1.17. The number of aryl methyl sites for hydroxylation is 1. The van der Waals surface area contributed by atoms with Crippen molar-refractivity contribution in [3.8, 4) is 0 Å². The van der Waals surface area contributed by atoms with E-state index in [1.54, 1.807) is 17.9 Å². The summed E-state index contributed by atoms with van der Waals surface area (Å²) < 4.78 is 1.78. The van der Waals surface area contributed by atoms with Crippen molar-refractivity contribution in [1.29, 1.82) is 0 Å². The van der Waals surface area contributed by atoms with E-state index in [0.29, 0.717) is 16.8 Å². The van der Waals surface area contributed by atoms with Crippen LogP contribution in [-0.2, 0) is 13.5 Å². The van der Waals surface area contributed by atoms with Gasteiger partial charge >= 0.3 is 0 Å². The van der Waals surface area contributed by atoms with Crippen molar-refractivity contribution in [3.63, 3.8) is 0 Å². The third-order valence-electron chi connectivity index (χ3n) is 2.43. The summed E-state index contributed by atoms with van der Waals surface area (Å²) in [7, 11) is 3.67. The second-order valence-corrected chi connectivity index (χ2v) is 4.25. The van der Waals surface area contributed by atoms with Crippen molar-refractivity contribution in [1.82, 2.24) is 19.7 Å². The van der Waals surface area contributed by atoms with Crippen molar-refractivity contribution in [3.05, 3.63) is 29.2 Å². The van der Waals surface area contributed by atoms with Gasteiger partial charge in [0.15, 0.2) is 0 Å². The van der Waals surface area contributed by atoms with E-state index < -0.39 is 0 Å². The van der Waals surface area contributed by atoms with Crippen LogP contribution in [0.4, 0.5) is 11.8 Å². The quantitative estimate of drug-likeness (QED) is 0.860. The molecule has 0 saturated carbocycles. The fraction of sp³-hybridized carbons (Fsp3) is 0.364. The summed E-state index contributed by atoms with van der Waals surface area (Å²) in [4.78, 5) is 8.26. The normalized spacial score (nSPS) is 10.4. The van der Waals surface area contributed by atoms with Crippen LogP contribution in [0.25, 0.3) is 0 Å². The number of rotatable bonds is 5. The molecule has 0 saturated heterocycles. The van der Waals surface area contributed by atoms with E-state index >= 15 is 0 Å². The SMILES string of the molecule is CNc1ncc(Cl)c(NCCc2cnn(C)c2)n1. The molecule has 2 rings (SSSR count). The maximum Gasteiger partial charge on any atom is 0.224 e. The van der Waals surface area contributed by atoms with Crippen LogP contribution in [0.1, 0.15) is 5.56 Å². The molecule has 18 heavy (non-hydrogen) atoms. The highest BCUT2D eigenvalue weighted by Crippen LogP contribution is 2.18. The molecule has 0 radical (unpaired) electrons. The van der Waals surface area contributed by atoms with Crippen LogP contribution in [0.2, 0.25) is 5.02 Å². The van der Waals surface area contributed by atoms with Crippen LogP contribution in [0.15, 0.2) is 18.6 Å².